The molecular formula is C16H20N2O4. The number of benzene rings is 1. The molecule has 1 heterocycles. The molecule has 3 rings (SSSR count). The van der Waals surface area contributed by atoms with Gasteiger partial charge in [-0.15, -0.1) is 0 Å². The second kappa shape index (κ2) is 6.46. The van der Waals surface area contributed by atoms with Gasteiger partial charge in [-0.3, -0.25) is 9.59 Å². The number of amides is 2. The zero-order valence-corrected chi connectivity index (χ0v) is 12.3. The normalized spacial score (nSPS) is 25.3. The van der Waals surface area contributed by atoms with Crippen molar-refractivity contribution < 1.29 is 19.4 Å². The highest BCUT2D eigenvalue weighted by Gasteiger charge is 2.28. The van der Waals surface area contributed by atoms with Crippen LogP contribution in [0.15, 0.2) is 24.3 Å². The summed E-state index contributed by atoms with van der Waals surface area (Å²) < 4.78 is 5.11. The molecule has 1 aromatic carbocycles. The van der Waals surface area contributed by atoms with Crippen molar-refractivity contribution in [2.45, 2.75) is 25.4 Å². The molecule has 1 saturated heterocycles. The van der Waals surface area contributed by atoms with Gasteiger partial charge in [-0.25, -0.2) is 0 Å². The van der Waals surface area contributed by atoms with Crippen molar-refractivity contribution in [3.05, 3.63) is 24.3 Å². The molecule has 6 heteroatoms. The van der Waals surface area contributed by atoms with Crippen LogP contribution < -0.4 is 10.2 Å². The Morgan fingerprint density at radius 1 is 1.27 bits per heavy atom. The maximum absolute atomic E-state index is 12.1. The summed E-state index contributed by atoms with van der Waals surface area (Å²) in [5.41, 5.74) is 1.51. The summed E-state index contributed by atoms with van der Waals surface area (Å²) in [6.45, 7) is 1.20. The van der Waals surface area contributed by atoms with Crippen molar-refractivity contribution in [2.75, 3.05) is 30.0 Å². The lowest BCUT2D eigenvalue weighted by atomic mass is 10.1. The first-order chi connectivity index (χ1) is 10.6. The SMILES string of the molecule is O=C(Nc1ccc(N2CCOCC2=O)cc1)C1CCC(O)C1. The molecule has 2 N–H and O–H groups in total. The summed E-state index contributed by atoms with van der Waals surface area (Å²) in [6.07, 6.45) is 1.60. The van der Waals surface area contributed by atoms with Gasteiger partial charge in [0.25, 0.3) is 5.91 Å². The van der Waals surface area contributed by atoms with Crippen molar-refractivity contribution in [3.63, 3.8) is 0 Å². The van der Waals surface area contributed by atoms with E-state index in [0.717, 1.165) is 12.1 Å². The van der Waals surface area contributed by atoms with E-state index in [1.807, 2.05) is 12.1 Å². The van der Waals surface area contributed by atoms with E-state index in [9.17, 15) is 14.7 Å². The van der Waals surface area contributed by atoms with Gasteiger partial charge < -0.3 is 20.1 Å². The highest BCUT2D eigenvalue weighted by Crippen LogP contribution is 2.27. The van der Waals surface area contributed by atoms with Crippen LogP contribution in [-0.4, -0.2) is 42.8 Å². The van der Waals surface area contributed by atoms with E-state index in [1.54, 1.807) is 17.0 Å². The monoisotopic (exact) mass is 304 g/mol. The average Bonchev–Trinajstić information content (AvgIpc) is 2.95. The van der Waals surface area contributed by atoms with E-state index < -0.39 is 0 Å². The summed E-state index contributed by atoms with van der Waals surface area (Å²) in [5, 5.41) is 12.4. The Balaban J connectivity index is 1.61. The molecule has 0 radical (unpaired) electrons. The molecule has 2 fully saturated rings. The Labute approximate surface area is 129 Å². The number of aliphatic hydroxyl groups excluding tert-OH is 1. The second-order valence-electron chi connectivity index (χ2n) is 5.80. The fraction of sp³-hybridized carbons (Fsp3) is 0.500. The van der Waals surface area contributed by atoms with Crippen LogP contribution >= 0.6 is 0 Å². The molecule has 1 aromatic rings. The Morgan fingerprint density at radius 3 is 2.68 bits per heavy atom. The van der Waals surface area contributed by atoms with Gasteiger partial charge in [-0.1, -0.05) is 0 Å². The van der Waals surface area contributed by atoms with Gasteiger partial charge in [0.15, 0.2) is 0 Å². The van der Waals surface area contributed by atoms with E-state index in [1.165, 1.54) is 0 Å². The zero-order valence-electron chi connectivity index (χ0n) is 12.3. The van der Waals surface area contributed by atoms with Crippen LogP contribution in [0.5, 0.6) is 0 Å². The van der Waals surface area contributed by atoms with Crippen LogP contribution in [0.4, 0.5) is 11.4 Å². The molecule has 1 aliphatic heterocycles. The summed E-state index contributed by atoms with van der Waals surface area (Å²) in [7, 11) is 0. The molecule has 2 atom stereocenters. The molecule has 0 aromatic heterocycles. The molecular weight excluding hydrogens is 284 g/mol. The molecule has 2 aliphatic rings. The molecule has 118 valence electrons. The Hall–Kier alpha value is -1.92. The number of anilines is 2. The molecule has 0 spiro atoms. The van der Waals surface area contributed by atoms with Gasteiger partial charge in [0.2, 0.25) is 5.91 Å². The van der Waals surface area contributed by atoms with E-state index in [4.69, 9.17) is 4.74 Å². The number of nitrogens with zero attached hydrogens (tertiary/aromatic N) is 1. The predicted molar refractivity (Wildman–Crippen MR) is 81.6 cm³/mol. The third kappa shape index (κ3) is 3.28. The van der Waals surface area contributed by atoms with Crippen LogP contribution in [-0.2, 0) is 14.3 Å². The van der Waals surface area contributed by atoms with Crippen LogP contribution in [0, 0.1) is 5.92 Å². The molecule has 1 saturated carbocycles. The van der Waals surface area contributed by atoms with Gasteiger partial charge in [-0.2, -0.15) is 0 Å². The molecule has 6 nitrogen and oxygen atoms in total. The summed E-state index contributed by atoms with van der Waals surface area (Å²) in [5.74, 6) is -0.217. The fourth-order valence-corrected chi connectivity index (χ4v) is 2.96. The van der Waals surface area contributed by atoms with Gasteiger partial charge in [0.1, 0.15) is 6.61 Å². The number of hydrogen-bond acceptors (Lipinski definition) is 4. The summed E-state index contributed by atoms with van der Waals surface area (Å²) in [6, 6.07) is 7.23. The Morgan fingerprint density at radius 2 is 2.05 bits per heavy atom. The van der Waals surface area contributed by atoms with E-state index in [2.05, 4.69) is 5.32 Å². The Bertz CT molecular complexity index is 558. The fourth-order valence-electron chi connectivity index (χ4n) is 2.96. The Kier molecular flexibility index (Phi) is 4.40. The van der Waals surface area contributed by atoms with Gasteiger partial charge >= 0.3 is 0 Å². The maximum atomic E-state index is 12.1. The third-order valence-corrected chi connectivity index (χ3v) is 4.21. The highest BCUT2D eigenvalue weighted by molar-refractivity contribution is 5.96. The maximum Gasteiger partial charge on any atom is 0.253 e. The van der Waals surface area contributed by atoms with Gasteiger partial charge in [0, 0.05) is 23.8 Å². The first-order valence-corrected chi connectivity index (χ1v) is 7.60. The van der Waals surface area contributed by atoms with Gasteiger partial charge in [0.05, 0.1) is 12.7 Å². The van der Waals surface area contributed by atoms with Crippen molar-refractivity contribution in [1.29, 1.82) is 0 Å². The number of rotatable bonds is 3. The number of carbonyl (C=O) groups is 2. The van der Waals surface area contributed by atoms with E-state index in [-0.39, 0.29) is 30.4 Å². The summed E-state index contributed by atoms with van der Waals surface area (Å²) >= 11 is 0. The summed E-state index contributed by atoms with van der Waals surface area (Å²) in [4.78, 5) is 25.5. The van der Waals surface area contributed by atoms with Crippen LogP contribution in [0.2, 0.25) is 0 Å². The molecule has 0 bridgehead atoms. The van der Waals surface area contributed by atoms with Crippen LogP contribution in [0.3, 0.4) is 0 Å². The van der Waals surface area contributed by atoms with Crippen LogP contribution in [0.1, 0.15) is 19.3 Å². The number of nitrogens with one attached hydrogen (secondary N) is 1. The standard InChI is InChI=1S/C16H20N2O4/c19-14-6-1-11(9-14)16(21)17-12-2-4-13(5-3-12)18-7-8-22-10-15(18)20/h2-5,11,14,19H,1,6-10H2,(H,17,21). The number of hydrogen-bond donors (Lipinski definition) is 2. The average molecular weight is 304 g/mol. The number of ether oxygens (including phenoxy) is 1. The lowest BCUT2D eigenvalue weighted by Crippen LogP contribution is -2.41. The largest absolute Gasteiger partial charge is 0.393 e. The third-order valence-electron chi connectivity index (χ3n) is 4.21. The van der Waals surface area contributed by atoms with E-state index >= 15 is 0 Å². The minimum Gasteiger partial charge on any atom is -0.393 e. The van der Waals surface area contributed by atoms with Crippen molar-refractivity contribution in [3.8, 4) is 0 Å². The molecule has 1 aliphatic carbocycles. The predicted octanol–water partition coefficient (Wildman–Crippen LogP) is 1.15. The molecule has 22 heavy (non-hydrogen) atoms. The molecule has 2 amide bonds. The quantitative estimate of drug-likeness (QED) is 0.878. The first kappa shape index (κ1) is 15.0. The topological polar surface area (TPSA) is 78.9 Å². The number of aliphatic hydroxyl groups is 1. The first-order valence-electron chi connectivity index (χ1n) is 7.60. The van der Waals surface area contributed by atoms with Crippen molar-refractivity contribution in [1.82, 2.24) is 0 Å². The lowest BCUT2D eigenvalue weighted by Gasteiger charge is -2.27. The zero-order chi connectivity index (χ0) is 15.5. The molecule has 2 unspecified atom stereocenters. The minimum atomic E-state index is -0.356. The second-order valence-corrected chi connectivity index (χ2v) is 5.80. The number of morpholine rings is 1. The van der Waals surface area contributed by atoms with Crippen molar-refractivity contribution >= 4 is 23.2 Å². The number of carbonyl (C=O) groups excluding carboxylic acids is 2. The van der Waals surface area contributed by atoms with Crippen molar-refractivity contribution in [2.24, 2.45) is 5.92 Å². The van der Waals surface area contributed by atoms with Gasteiger partial charge in [-0.05, 0) is 43.5 Å². The highest BCUT2D eigenvalue weighted by atomic mass is 16.5. The van der Waals surface area contributed by atoms with E-state index in [0.29, 0.717) is 31.7 Å². The lowest BCUT2D eigenvalue weighted by molar-refractivity contribution is -0.125. The minimum absolute atomic E-state index is 0.0493. The van der Waals surface area contributed by atoms with Crippen LogP contribution in [0.25, 0.3) is 0 Å². The smallest absolute Gasteiger partial charge is 0.253 e.